The second-order valence-corrected chi connectivity index (χ2v) is 5.79. The molecule has 0 radical (unpaired) electrons. The van der Waals surface area contributed by atoms with E-state index in [-0.39, 0.29) is 6.04 Å². The first-order chi connectivity index (χ1) is 9.92. The third-order valence-electron chi connectivity index (χ3n) is 3.30. The number of nitrogens with zero attached hydrogens (tertiary/aromatic N) is 1. The maximum atomic E-state index is 13.2. The van der Waals surface area contributed by atoms with E-state index in [1.165, 1.54) is 12.1 Å². The van der Waals surface area contributed by atoms with E-state index in [1.807, 2.05) is 0 Å². The fourth-order valence-electron chi connectivity index (χ4n) is 2.31. The van der Waals surface area contributed by atoms with E-state index in [0.717, 1.165) is 25.7 Å². The third kappa shape index (κ3) is 6.98. The van der Waals surface area contributed by atoms with Gasteiger partial charge in [-0.3, -0.25) is 0 Å². The maximum Gasteiger partial charge on any atom is 0.126 e. The first-order valence-electron chi connectivity index (χ1n) is 7.35. The highest BCUT2D eigenvalue weighted by Crippen LogP contribution is 2.17. The van der Waals surface area contributed by atoms with Crippen LogP contribution in [0, 0.1) is 17.6 Å². The van der Waals surface area contributed by atoms with Gasteiger partial charge in [-0.1, -0.05) is 13.8 Å². The summed E-state index contributed by atoms with van der Waals surface area (Å²) in [6, 6.07) is 3.10. The van der Waals surface area contributed by atoms with E-state index in [2.05, 4.69) is 18.7 Å². The fourth-order valence-corrected chi connectivity index (χ4v) is 2.31. The van der Waals surface area contributed by atoms with Gasteiger partial charge in [-0.15, -0.1) is 0 Å². The smallest absolute Gasteiger partial charge is 0.126 e. The van der Waals surface area contributed by atoms with E-state index in [4.69, 9.17) is 10.5 Å². The zero-order valence-electron chi connectivity index (χ0n) is 13.1. The Labute approximate surface area is 126 Å². The monoisotopic (exact) mass is 300 g/mol. The van der Waals surface area contributed by atoms with Gasteiger partial charge in [0, 0.05) is 38.9 Å². The van der Waals surface area contributed by atoms with Crippen molar-refractivity contribution in [1.29, 1.82) is 0 Å². The van der Waals surface area contributed by atoms with Gasteiger partial charge in [-0.25, -0.2) is 8.78 Å². The molecule has 1 aromatic carbocycles. The molecule has 0 aliphatic heterocycles. The van der Waals surface area contributed by atoms with E-state index in [0.29, 0.717) is 24.5 Å². The standard InChI is InChI=1S/C16H26F2N2O/c1-12(2)11-20(6-7-21-3)5-4-16(19)13-8-14(17)10-15(18)9-13/h8-10,12,16H,4-7,11,19H2,1-3H3. The number of nitrogens with two attached hydrogens (primary N) is 1. The van der Waals surface area contributed by atoms with Gasteiger partial charge >= 0.3 is 0 Å². The summed E-state index contributed by atoms with van der Waals surface area (Å²) in [5.74, 6) is -0.623. The molecule has 2 N–H and O–H groups in total. The molecule has 21 heavy (non-hydrogen) atoms. The molecule has 1 aromatic rings. The molecule has 0 amide bonds. The topological polar surface area (TPSA) is 38.5 Å². The van der Waals surface area contributed by atoms with Gasteiger partial charge in [0.25, 0.3) is 0 Å². The van der Waals surface area contributed by atoms with Gasteiger partial charge in [0.05, 0.1) is 6.61 Å². The molecule has 0 aliphatic rings. The highest BCUT2D eigenvalue weighted by molar-refractivity contribution is 5.21. The molecule has 0 saturated heterocycles. The third-order valence-corrected chi connectivity index (χ3v) is 3.30. The van der Waals surface area contributed by atoms with Crippen LogP contribution in [0.4, 0.5) is 8.78 Å². The van der Waals surface area contributed by atoms with E-state index in [1.54, 1.807) is 7.11 Å². The van der Waals surface area contributed by atoms with Crippen LogP contribution in [0.15, 0.2) is 18.2 Å². The van der Waals surface area contributed by atoms with Crippen molar-refractivity contribution in [3.63, 3.8) is 0 Å². The average Bonchev–Trinajstić information content (AvgIpc) is 2.39. The fraction of sp³-hybridized carbons (Fsp3) is 0.625. The SMILES string of the molecule is COCCN(CCC(N)c1cc(F)cc(F)c1)CC(C)C. The van der Waals surface area contributed by atoms with Crippen LogP contribution in [0.2, 0.25) is 0 Å². The minimum atomic E-state index is -0.584. The van der Waals surface area contributed by atoms with Crippen LogP contribution < -0.4 is 5.73 Å². The van der Waals surface area contributed by atoms with Crippen LogP contribution in [0.3, 0.4) is 0 Å². The van der Waals surface area contributed by atoms with Crippen molar-refractivity contribution in [3.8, 4) is 0 Å². The van der Waals surface area contributed by atoms with Crippen molar-refractivity contribution in [2.75, 3.05) is 33.4 Å². The molecule has 120 valence electrons. The molecular weight excluding hydrogens is 274 g/mol. The lowest BCUT2D eigenvalue weighted by Gasteiger charge is -2.25. The second-order valence-electron chi connectivity index (χ2n) is 5.79. The lowest BCUT2D eigenvalue weighted by molar-refractivity contribution is 0.138. The maximum absolute atomic E-state index is 13.2. The number of hydrogen-bond donors (Lipinski definition) is 1. The first-order valence-corrected chi connectivity index (χ1v) is 7.35. The van der Waals surface area contributed by atoms with E-state index < -0.39 is 11.6 Å². The lowest BCUT2D eigenvalue weighted by Crippen LogP contribution is -2.33. The zero-order chi connectivity index (χ0) is 15.8. The summed E-state index contributed by atoms with van der Waals surface area (Å²) in [4.78, 5) is 2.27. The van der Waals surface area contributed by atoms with Crippen LogP contribution in [-0.4, -0.2) is 38.3 Å². The molecule has 0 aliphatic carbocycles. The Hall–Kier alpha value is -1.04. The number of rotatable bonds is 9. The summed E-state index contributed by atoms with van der Waals surface area (Å²) >= 11 is 0. The highest BCUT2D eigenvalue weighted by atomic mass is 19.1. The molecule has 0 aromatic heterocycles. The minimum absolute atomic E-state index is 0.368. The molecule has 0 saturated carbocycles. The van der Waals surface area contributed by atoms with Gasteiger partial charge in [-0.2, -0.15) is 0 Å². The number of ether oxygens (including phenoxy) is 1. The number of hydrogen-bond acceptors (Lipinski definition) is 3. The number of benzene rings is 1. The second kappa shape index (κ2) is 9.07. The Balaban J connectivity index is 2.56. The van der Waals surface area contributed by atoms with Crippen LogP contribution in [-0.2, 0) is 4.74 Å². The number of methoxy groups -OCH3 is 1. The van der Waals surface area contributed by atoms with Crippen molar-refractivity contribution >= 4 is 0 Å². The Morgan fingerprint density at radius 2 is 1.76 bits per heavy atom. The van der Waals surface area contributed by atoms with E-state index >= 15 is 0 Å². The number of halogens is 2. The van der Waals surface area contributed by atoms with E-state index in [9.17, 15) is 8.78 Å². The predicted molar refractivity (Wildman–Crippen MR) is 81.1 cm³/mol. The molecule has 1 unspecified atom stereocenters. The predicted octanol–water partition coefficient (Wildman–Crippen LogP) is 2.96. The molecule has 0 fully saturated rings. The molecule has 1 rings (SSSR count). The molecule has 1 atom stereocenters. The Kier molecular flexibility index (Phi) is 7.78. The molecular formula is C16H26F2N2O. The normalized spacial score (nSPS) is 13.1. The van der Waals surface area contributed by atoms with Crippen molar-refractivity contribution in [1.82, 2.24) is 4.90 Å². The van der Waals surface area contributed by atoms with Crippen LogP contribution in [0.25, 0.3) is 0 Å². The molecule has 0 spiro atoms. The summed E-state index contributed by atoms with van der Waals surface area (Å²) in [5.41, 5.74) is 6.55. The van der Waals surface area contributed by atoms with Crippen molar-refractivity contribution in [2.24, 2.45) is 11.7 Å². The summed E-state index contributed by atoms with van der Waals surface area (Å²) < 4.78 is 31.5. The average molecular weight is 300 g/mol. The van der Waals surface area contributed by atoms with Crippen LogP contribution in [0.5, 0.6) is 0 Å². The van der Waals surface area contributed by atoms with Gasteiger partial charge in [0.1, 0.15) is 11.6 Å². The quantitative estimate of drug-likeness (QED) is 0.762. The van der Waals surface area contributed by atoms with Gasteiger partial charge < -0.3 is 15.4 Å². The molecule has 0 heterocycles. The largest absolute Gasteiger partial charge is 0.383 e. The molecule has 0 bridgehead atoms. The van der Waals surface area contributed by atoms with Gasteiger partial charge in [0.15, 0.2) is 0 Å². The minimum Gasteiger partial charge on any atom is -0.383 e. The highest BCUT2D eigenvalue weighted by Gasteiger charge is 2.13. The zero-order valence-corrected chi connectivity index (χ0v) is 13.1. The summed E-state index contributed by atoms with van der Waals surface area (Å²) in [6.07, 6.45) is 0.652. The summed E-state index contributed by atoms with van der Waals surface area (Å²) in [5, 5.41) is 0. The lowest BCUT2D eigenvalue weighted by atomic mass is 10.0. The Morgan fingerprint density at radius 1 is 1.14 bits per heavy atom. The van der Waals surface area contributed by atoms with Crippen LogP contribution >= 0.6 is 0 Å². The first kappa shape index (κ1) is 18.0. The molecule has 5 heteroatoms. The van der Waals surface area contributed by atoms with Crippen LogP contribution in [0.1, 0.15) is 31.9 Å². The van der Waals surface area contributed by atoms with Crippen molar-refractivity contribution in [2.45, 2.75) is 26.3 Å². The van der Waals surface area contributed by atoms with Gasteiger partial charge in [0.2, 0.25) is 0 Å². The Bertz CT molecular complexity index is 406. The molecule has 3 nitrogen and oxygen atoms in total. The van der Waals surface area contributed by atoms with Crippen molar-refractivity contribution in [3.05, 3.63) is 35.4 Å². The summed E-state index contributed by atoms with van der Waals surface area (Å²) in [7, 11) is 1.68. The summed E-state index contributed by atoms with van der Waals surface area (Å²) in [6.45, 7) is 7.53. The van der Waals surface area contributed by atoms with Gasteiger partial charge in [-0.05, 0) is 30.0 Å². The van der Waals surface area contributed by atoms with Crippen molar-refractivity contribution < 1.29 is 13.5 Å². The Morgan fingerprint density at radius 3 is 2.29 bits per heavy atom.